The molecule has 0 saturated heterocycles. The third-order valence-electron chi connectivity index (χ3n) is 2.65. The van der Waals surface area contributed by atoms with Crippen LogP contribution < -0.4 is 0 Å². The smallest absolute Gasteiger partial charge is 0.0802 e. The Morgan fingerprint density at radius 3 is 2.93 bits per heavy atom. The quantitative estimate of drug-likeness (QED) is 0.778. The summed E-state index contributed by atoms with van der Waals surface area (Å²) in [5.74, 6) is 0.326. The van der Waals surface area contributed by atoms with Crippen molar-refractivity contribution in [3.8, 4) is 0 Å². The van der Waals surface area contributed by atoms with Crippen molar-refractivity contribution in [1.29, 1.82) is 0 Å². The fraction of sp³-hybridized carbons (Fsp3) is 0.636. The predicted octanol–water partition coefficient (Wildman–Crippen LogP) is 2.31. The highest BCUT2D eigenvalue weighted by molar-refractivity contribution is 7.07. The molecule has 1 aliphatic carbocycles. The summed E-state index contributed by atoms with van der Waals surface area (Å²) >= 11 is 7.35. The van der Waals surface area contributed by atoms with Crippen molar-refractivity contribution in [1.82, 2.24) is 4.90 Å². The van der Waals surface area contributed by atoms with Gasteiger partial charge in [-0.05, 0) is 35.2 Å². The number of aliphatic hydroxyl groups excluding tert-OH is 1. The molecule has 2 nitrogen and oxygen atoms in total. The zero-order valence-electron chi connectivity index (χ0n) is 8.60. The number of halogens is 1. The average molecular weight is 246 g/mol. The van der Waals surface area contributed by atoms with Gasteiger partial charge in [-0.1, -0.05) is 0 Å². The van der Waals surface area contributed by atoms with Gasteiger partial charge in [0.1, 0.15) is 0 Å². The maximum Gasteiger partial charge on any atom is 0.0802 e. The van der Waals surface area contributed by atoms with E-state index in [1.54, 1.807) is 11.3 Å². The molecule has 84 valence electrons. The van der Waals surface area contributed by atoms with E-state index < -0.39 is 6.10 Å². The van der Waals surface area contributed by atoms with E-state index in [1.807, 2.05) is 0 Å². The van der Waals surface area contributed by atoms with Crippen LogP contribution in [0.1, 0.15) is 18.4 Å². The third-order valence-corrected chi connectivity index (χ3v) is 3.74. The Bertz CT molecular complexity index is 287. The van der Waals surface area contributed by atoms with Crippen molar-refractivity contribution < 1.29 is 5.11 Å². The number of hydrogen-bond acceptors (Lipinski definition) is 3. The number of aliphatic hydroxyl groups is 1. The fourth-order valence-electron chi connectivity index (χ4n) is 1.72. The van der Waals surface area contributed by atoms with Gasteiger partial charge in [-0.15, -0.1) is 11.6 Å². The van der Waals surface area contributed by atoms with Crippen LogP contribution in [-0.4, -0.2) is 34.6 Å². The van der Waals surface area contributed by atoms with Crippen LogP contribution in [0.3, 0.4) is 0 Å². The molecule has 2 rings (SSSR count). The van der Waals surface area contributed by atoms with E-state index in [9.17, 15) is 5.11 Å². The fourth-order valence-corrected chi connectivity index (χ4v) is 2.48. The zero-order valence-corrected chi connectivity index (χ0v) is 10.2. The van der Waals surface area contributed by atoms with Crippen LogP contribution >= 0.6 is 22.9 Å². The van der Waals surface area contributed by atoms with Crippen molar-refractivity contribution in [2.24, 2.45) is 0 Å². The minimum Gasteiger partial charge on any atom is -0.391 e. The number of nitrogens with zero attached hydrogens (tertiary/aromatic N) is 1. The van der Waals surface area contributed by atoms with Crippen LogP contribution in [-0.2, 0) is 6.54 Å². The largest absolute Gasteiger partial charge is 0.391 e. The summed E-state index contributed by atoms with van der Waals surface area (Å²) in [6.07, 6.45) is 2.13. The maximum atomic E-state index is 9.56. The molecule has 0 aliphatic heterocycles. The standard InChI is InChI=1S/C11H16ClNOS/c12-5-11(14)7-13(10-1-2-10)6-9-3-4-15-8-9/h3-4,8,10-11,14H,1-2,5-7H2. The third kappa shape index (κ3) is 3.45. The minimum absolute atomic E-state index is 0.326. The molecule has 1 fully saturated rings. The molecule has 15 heavy (non-hydrogen) atoms. The molecule has 4 heteroatoms. The highest BCUT2D eigenvalue weighted by atomic mass is 35.5. The average Bonchev–Trinajstić information content (AvgIpc) is 2.97. The maximum absolute atomic E-state index is 9.56. The Kier molecular flexibility index (Phi) is 4.03. The molecule has 0 aromatic carbocycles. The monoisotopic (exact) mass is 245 g/mol. The van der Waals surface area contributed by atoms with Crippen LogP contribution in [0.5, 0.6) is 0 Å². The number of hydrogen-bond donors (Lipinski definition) is 1. The summed E-state index contributed by atoms with van der Waals surface area (Å²) in [4.78, 5) is 2.34. The van der Waals surface area contributed by atoms with E-state index in [-0.39, 0.29) is 0 Å². The lowest BCUT2D eigenvalue weighted by Crippen LogP contribution is -2.34. The van der Waals surface area contributed by atoms with Gasteiger partial charge in [0.2, 0.25) is 0 Å². The highest BCUT2D eigenvalue weighted by Gasteiger charge is 2.29. The molecule has 1 unspecified atom stereocenters. The minimum atomic E-state index is -0.397. The summed E-state index contributed by atoms with van der Waals surface area (Å²) in [6, 6.07) is 2.82. The van der Waals surface area contributed by atoms with Crippen molar-refractivity contribution in [2.45, 2.75) is 31.5 Å². The molecule has 1 aliphatic rings. The molecule has 0 bridgehead atoms. The molecular weight excluding hydrogens is 230 g/mol. The Morgan fingerprint density at radius 1 is 1.60 bits per heavy atom. The Balaban J connectivity index is 1.88. The van der Waals surface area contributed by atoms with Gasteiger partial charge >= 0.3 is 0 Å². The van der Waals surface area contributed by atoms with Crippen LogP contribution in [0.2, 0.25) is 0 Å². The van der Waals surface area contributed by atoms with Crippen molar-refractivity contribution in [3.05, 3.63) is 22.4 Å². The molecular formula is C11H16ClNOS. The first-order valence-corrected chi connectivity index (χ1v) is 6.76. The molecule has 0 spiro atoms. The number of alkyl halides is 1. The first kappa shape index (κ1) is 11.4. The lowest BCUT2D eigenvalue weighted by Gasteiger charge is -2.23. The lowest BCUT2D eigenvalue weighted by molar-refractivity contribution is 0.120. The van der Waals surface area contributed by atoms with E-state index in [0.717, 1.165) is 6.54 Å². The Labute approximate surface area is 99.5 Å². The van der Waals surface area contributed by atoms with Gasteiger partial charge in [0.25, 0.3) is 0 Å². The molecule has 1 atom stereocenters. The Morgan fingerprint density at radius 2 is 2.40 bits per heavy atom. The van der Waals surface area contributed by atoms with E-state index >= 15 is 0 Å². The van der Waals surface area contributed by atoms with Crippen LogP contribution in [0.15, 0.2) is 16.8 Å². The van der Waals surface area contributed by atoms with Gasteiger partial charge in [-0.3, -0.25) is 4.90 Å². The second kappa shape index (κ2) is 5.30. The van der Waals surface area contributed by atoms with Gasteiger partial charge in [0.15, 0.2) is 0 Å². The van der Waals surface area contributed by atoms with Crippen LogP contribution in [0.4, 0.5) is 0 Å². The second-order valence-corrected chi connectivity index (χ2v) is 5.19. The Hall–Kier alpha value is -0.0900. The van der Waals surface area contributed by atoms with Gasteiger partial charge in [0.05, 0.1) is 6.10 Å². The molecule has 1 saturated carbocycles. The SMILES string of the molecule is OC(CCl)CN(Cc1ccsc1)C1CC1. The molecule has 1 N–H and O–H groups in total. The van der Waals surface area contributed by atoms with Crippen LogP contribution in [0.25, 0.3) is 0 Å². The van der Waals surface area contributed by atoms with Crippen LogP contribution in [0, 0.1) is 0 Å². The highest BCUT2D eigenvalue weighted by Crippen LogP contribution is 2.28. The summed E-state index contributed by atoms with van der Waals surface area (Å²) in [5, 5.41) is 13.8. The molecule has 1 heterocycles. The van der Waals surface area contributed by atoms with Gasteiger partial charge in [0, 0.05) is 25.0 Å². The van der Waals surface area contributed by atoms with Gasteiger partial charge in [-0.2, -0.15) is 11.3 Å². The van der Waals surface area contributed by atoms with E-state index in [4.69, 9.17) is 11.6 Å². The first-order chi connectivity index (χ1) is 7.29. The van der Waals surface area contributed by atoms with Crippen molar-refractivity contribution in [2.75, 3.05) is 12.4 Å². The van der Waals surface area contributed by atoms with Gasteiger partial charge < -0.3 is 5.11 Å². The number of rotatable bonds is 6. The summed E-state index contributed by atoms with van der Waals surface area (Å²) in [5.41, 5.74) is 1.34. The lowest BCUT2D eigenvalue weighted by atomic mass is 10.2. The topological polar surface area (TPSA) is 23.5 Å². The molecule has 1 aromatic rings. The second-order valence-electron chi connectivity index (χ2n) is 4.10. The van der Waals surface area contributed by atoms with Crippen molar-refractivity contribution >= 4 is 22.9 Å². The zero-order chi connectivity index (χ0) is 10.7. The summed E-state index contributed by atoms with van der Waals surface area (Å²) in [6.45, 7) is 1.64. The predicted molar refractivity (Wildman–Crippen MR) is 64.5 cm³/mol. The molecule has 0 radical (unpaired) electrons. The van der Waals surface area contributed by atoms with Gasteiger partial charge in [-0.25, -0.2) is 0 Å². The normalized spacial score (nSPS) is 18.3. The van der Waals surface area contributed by atoms with Crippen molar-refractivity contribution in [3.63, 3.8) is 0 Å². The summed E-state index contributed by atoms with van der Waals surface area (Å²) < 4.78 is 0. The van der Waals surface area contributed by atoms with E-state index in [2.05, 4.69) is 21.7 Å². The first-order valence-electron chi connectivity index (χ1n) is 5.28. The summed E-state index contributed by atoms with van der Waals surface area (Å²) in [7, 11) is 0. The molecule has 1 aromatic heterocycles. The molecule has 0 amide bonds. The van der Waals surface area contributed by atoms with E-state index in [1.165, 1.54) is 18.4 Å². The van der Waals surface area contributed by atoms with E-state index in [0.29, 0.717) is 18.5 Å². The number of thiophene rings is 1.